The Morgan fingerprint density at radius 2 is 1.02 bits per heavy atom. The third-order valence-electron chi connectivity index (χ3n) is 14.8. The van der Waals surface area contributed by atoms with E-state index in [4.69, 9.17) is 34.2 Å². The smallest absolute Gasteiger partial charge is 0.235 e. The normalized spacial score (nSPS) is 47.4. The van der Waals surface area contributed by atoms with E-state index in [2.05, 4.69) is 5.32 Å². The van der Waals surface area contributed by atoms with E-state index in [1.165, 1.54) is 44.9 Å². The summed E-state index contributed by atoms with van der Waals surface area (Å²) in [6.07, 6.45) is 16.6. The number of nitriles is 1. The first-order chi connectivity index (χ1) is 23.6. The highest BCUT2D eigenvalue weighted by Crippen LogP contribution is 2.60. The van der Waals surface area contributed by atoms with E-state index in [1.54, 1.807) is 26.8 Å². The molecule has 12 bridgehead atoms. The van der Waals surface area contributed by atoms with Crippen molar-refractivity contribution in [1.29, 1.82) is 5.26 Å². The second-order valence-electron chi connectivity index (χ2n) is 18.7. The molecule has 12 aliphatic rings. The second-order valence-corrected chi connectivity index (χ2v) is 19.2. The van der Waals surface area contributed by atoms with E-state index in [9.17, 15) is 24.3 Å². The standard InChI is InChI=1S/C14H20ClNO2.C12H19NO.C12H18O2.C2H2ClN/c1-8(17)13-10-2-9-3-11(13)6-14(4-9,5-10)16-12(18)7-15;1-7(14)11-9-2-8-3-10(11)6-12(13,4-8)5-9;1-7(13)11-9-2-8-3-10(11)6-12(14,4-8)5-9;3-1-2-4/h9-11,13H,2-7H2,1H3,(H,16,18);8-11H,2-6,13H2,1H3;8-11,14H,2-6H2,1H3;1H2. The minimum Gasteiger partial charge on any atom is -0.390 e. The number of rotatable bonds is 5. The summed E-state index contributed by atoms with van der Waals surface area (Å²) in [5.41, 5.74) is 6.05. The Labute approximate surface area is 308 Å². The first-order valence-corrected chi connectivity index (χ1v) is 20.5. The predicted octanol–water partition coefficient (Wildman–Crippen LogP) is 6.37. The highest BCUT2D eigenvalue weighted by Gasteiger charge is 2.58. The maximum absolute atomic E-state index is 11.8. The number of nitrogens with two attached hydrogens (primary N) is 1. The Morgan fingerprint density at radius 1 is 0.660 bits per heavy atom. The SMILES string of the molecule is CC(=O)C1C2CC3CC1CC(N)(C3)C2.CC(=O)C1C2CC3CC1CC(NC(=O)CCl)(C3)C2.CC(=O)C1C2CC3CC1CC(O)(C3)C2.N#CCCl. The second kappa shape index (κ2) is 14.7. The Bertz CT molecular complexity index is 1270. The third kappa shape index (κ3) is 7.73. The molecule has 0 aromatic carbocycles. The van der Waals surface area contributed by atoms with Gasteiger partial charge in [-0.3, -0.25) is 19.2 Å². The summed E-state index contributed by atoms with van der Waals surface area (Å²) in [6, 6.07) is 1.70. The number of nitrogens with one attached hydrogen (secondary N) is 1. The first-order valence-electron chi connectivity index (χ1n) is 19.4. The van der Waals surface area contributed by atoms with Crippen LogP contribution in [-0.2, 0) is 19.2 Å². The van der Waals surface area contributed by atoms with Gasteiger partial charge in [0.25, 0.3) is 0 Å². The van der Waals surface area contributed by atoms with Crippen molar-refractivity contribution in [3.05, 3.63) is 0 Å². The van der Waals surface area contributed by atoms with Gasteiger partial charge in [-0.2, -0.15) is 5.26 Å². The summed E-state index contributed by atoms with van der Waals surface area (Å²) in [7, 11) is 0. The Morgan fingerprint density at radius 3 is 1.36 bits per heavy atom. The fraction of sp³-hybridized carbons (Fsp3) is 0.875. The number of hydrogen-bond donors (Lipinski definition) is 3. The van der Waals surface area contributed by atoms with Crippen LogP contribution in [0.5, 0.6) is 0 Å². The number of carbonyl (C=O) groups excluding carboxylic acids is 4. The average Bonchev–Trinajstić information content (AvgIpc) is 2.98. The number of nitrogens with zero attached hydrogens (tertiary/aromatic N) is 1. The van der Waals surface area contributed by atoms with Gasteiger partial charge in [-0.1, -0.05) is 0 Å². The van der Waals surface area contributed by atoms with Crippen LogP contribution in [0.4, 0.5) is 0 Å². The molecule has 0 aromatic rings. The fourth-order valence-corrected chi connectivity index (χ4v) is 14.6. The van der Waals surface area contributed by atoms with Crippen LogP contribution in [0, 0.1) is 82.3 Å². The van der Waals surface area contributed by atoms with Crippen LogP contribution in [0.2, 0.25) is 0 Å². The van der Waals surface area contributed by atoms with Gasteiger partial charge in [-0.05, 0) is 170 Å². The number of amides is 1. The van der Waals surface area contributed by atoms with E-state index < -0.39 is 0 Å². The molecule has 12 aliphatic carbocycles. The molecule has 6 atom stereocenters. The topological polar surface area (TPSA) is 150 Å². The van der Waals surface area contributed by atoms with Crippen LogP contribution in [0.25, 0.3) is 0 Å². The van der Waals surface area contributed by atoms with Gasteiger partial charge in [-0.25, -0.2) is 0 Å². The zero-order chi connectivity index (χ0) is 36.2. The largest absolute Gasteiger partial charge is 0.390 e. The van der Waals surface area contributed by atoms with Gasteiger partial charge in [0, 0.05) is 28.8 Å². The predicted molar refractivity (Wildman–Crippen MR) is 193 cm³/mol. The molecule has 278 valence electrons. The molecule has 12 rings (SSSR count). The van der Waals surface area contributed by atoms with Crippen molar-refractivity contribution >= 4 is 46.5 Å². The molecule has 12 fully saturated rings. The molecule has 1 amide bonds. The number of hydrogen-bond acceptors (Lipinski definition) is 7. The van der Waals surface area contributed by atoms with Gasteiger partial charge in [0.05, 0.1) is 11.7 Å². The van der Waals surface area contributed by atoms with Crippen molar-refractivity contribution in [2.24, 2.45) is 76.7 Å². The van der Waals surface area contributed by atoms with Crippen LogP contribution < -0.4 is 11.1 Å². The molecule has 50 heavy (non-hydrogen) atoms. The zero-order valence-electron chi connectivity index (χ0n) is 30.3. The van der Waals surface area contributed by atoms with Gasteiger partial charge in [0.15, 0.2) is 0 Å². The third-order valence-corrected chi connectivity index (χ3v) is 15.2. The van der Waals surface area contributed by atoms with Crippen LogP contribution in [0.3, 0.4) is 0 Å². The lowest BCUT2D eigenvalue weighted by Gasteiger charge is -2.59. The maximum Gasteiger partial charge on any atom is 0.235 e. The zero-order valence-corrected chi connectivity index (χ0v) is 31.8. The number of carbonyl (C=O) groups is 4. The lowest BCUT2D eigenvalue weighted by molar-refractivity contribution is -0.162. The van der Waals surface area contributed by atoms with E-state index >= 15 is 0 Å². The van der Waals surface area contributed by atoms with Crippen molar-refractivity contribution < 1.29 is 24.3 Å². The monoisotopic (exact) mass is 731 g/mol. The summed E-state index contributed by atoms with van der Waals surface area (Å²) in [5, 5.41) is 20.9. The molecular formula is C40H59Cl2N3O5. The Balaban J connectivity index is 0.000000124. The molecule has 12 saturated carbocycles. The summed E-state index contributed by atoms with van der Waals surface area (Å²) in [4.78, 5) is 46.6. The van der Waals surface area contributed by atoms with E-state index in [0.29, 0.717) is 70.6 Å². The molecule has 8 nitrogen and oxygen atoms in total. The molecule has 10 heteroatoms. The van der Waals surface area contributed by atoms with Crippen molar-refractivity contribution in [3.8, 4) is 6.07 Å². The summed E-state index contributed by atoms with van der Waals surface area (Å²) < 4.78 is 0. The van der Waals surface area contributed by atoms with Gasteiger partial charge in [0.1, 0.15) is 29.1 Å². The molecule has 0 aromatic heterocycles. The molecule has 4 N–H and O–H groups in total. The minimum atomic E-state index is -0.386. The lowest BCUT2D eigenvalue weighted by atomic mass is 9.48. The van der Waals surface area contributed by atoms with Crippen LogP contribution in [0.1, 0.15) is 117 Å². The molecule has 0 radical (unpaired) electrons. The van der Waals surface area contributed by atoms with Crippen LogP contribution in [0.15, 0.2) is 0 Å². The number of aliphatic hydroxyl groups is 1. The maximum atomic E-state index is 11.8. The van der Waals surface area contributed by atoms with Crippen LogP contribution >= 0.6 is 23.2 Å². The molecule has 0 aliphatic heterocycles. The van der Waals surface area contributed by atoms with Gasteiger partial charge < -0.3 is 16.2 Å². The lowest BCUT2D eigenvalue weighted by Crippen LogP contribution is -2.63. The van der Waals surface area contributed by atoms with Crippen molar-refractivity contribution in [2.45, 2.75) is 134 Å². The molecule has 6 unspecified atom stereocenters. The van der Waals surface area contributed by atoms with E-state index in [1.807, 2.05) is 0 Å². The summed E-state index contributed by atoms with van der Waals surface area (Å²) >= 11 is 10.4. The van der Waals surface area contributed by atoms with E-state index in [-0.39, 0.29) is 46.2 Å². The highest BCUT2D eigenvalue weighted by atomic mass is 35.5. The first kappa shape index (κ1) is 38.2. The molecular weight excluding hydrogens is 673 g/mol. The van der Waals surface area contributed by atoms with Gasteiger partial charge in [-0.15, -0.1) is 23.2 Å². The van der Waals surface area contributed by atoms with Crippen molar-refractivity contribution in [1.82, 2.24) is 5.32 Å². The van der Waals surface area contributed by atoms with Gasteiger partial charge >= 0.3 is 0 Å². The van der Waals surface area contributed by atoms with Crippen molar-refractivity contribution in [2.75, 3.05) is 11.8 Å². The van der Waals surface area contributed by atoms with Gasteiger partial charge in [0.2, 0.25) is 5.91 Å². The summed E-state index contributed by atoms with van der Waals surface area (Å²) in [5.74, 6) is 7.62. The Hall–Kier alpha value is -1.53. The number of Topliss-reactive ketones (excluding diaryl/α,β-unsaturated/α-hetero) is 3. The van der Waals surface area contributed by atoms with Crippen molar-refractivity contribution in [3.63, 3.8) is 0 Å². The highest BCUT2D eigenvalue weighted by molar-refractivity contribution is 6.27. The quantitative estimate of drug-likeness (QED) is 0.278. The minimum absolute atomic E-state index is 0.0396. The van der Waals surface area contributed by atoms with Crippen LogP contribution in [-0.4, -0.2) is 56.8 Å². The molecule has 0 heterocycles. The number of alkyl halides is 2. The summed E-state index contributed by atoms with van der Waals surface area (Å²) in [6.45, 7) is 5.24. The molecule has 0 saturated heterocycles. The Kier molecular flexibility index (Phi) is 11.2. The average molecular weight is 733 g/mol. The fourth-order valence-electron chi connectivity index (χ4n) is 14.6. The van der Waals surface area contributed by atoms with E-state index in [0.717, 1.165) is 57.3 Å². The molecule has 0 spiro atoms. The number of ketones is 3. The number of halogens is 2.